The highest BCUT2D eigenvalue weighted by atomic mass is 79.9. The zero-order chi connectivity index (χ0) is 20.3. The van der Waals surface area contributed by atoms with Crippen molar-refractivity contribution in [1.29, 1.82) is 0 Å². The van der Waals surface area contributed by atoms with Crippen LogP contribution in [-0.4, -0.2) is 25.4 Å². The van der Waals surface area contributed by atoms with E-state index in [1.165, 1.54) is 0 Å². The van der Waals surface area contributed by atoms with Gasteiger partial charge in [-0.2, -0.15) is 4.98 Å². The summed E-state index contributed by atoms with van der Waals surface area (Å²) >= 11 is 3.41. The molecule has 3 aromatic heterocycles. The van der Waals surface area contributed by atoms with E-state index in [0.29, 0.717) is 28.7 Å². The van der Waals surface area contributed by atoms with Gasteiger partial charge in [-0.15, -0.1) is 0 Å². The number of hydrogen-bond acceptors (Lipinski definition) is 5. The first-order chi connectivity index (χ1) is 13.5. The minimum atomic E-state index is -0.250. The molecular formula is C20H20BrN5O2. The van der Waals surface area contributed by atoms with Gasteiger partial charge in [-0.05, 0) is 46.6 Å². The first kappa shape index (κ1) is 19.8. The summed E-state index contributed by atoms with van der Waals surface area (Å²) in [6.07, 6.45) is 3.36. The van der Waals surface area contributed by atoms with E-state index in [4.69, 9.17) is 4.52 Å². The summed E-state index contributed by atoms with van der Waals surface area (Å²) in [6, 6.07) is 9.34. The minimum absolute atomic E-state index is 0.250. The molecular weight excluding hydrogens is 422 g/mol. The number of imidazole rings is 1. The maximum absolute atomic E-state index is 12.8. The molecule has 0 radical (unpaired) electrons. The average Bonchev–Trinajstić information content (AvgIpc) is 3.31. The summed E-state index contributed by atoms with van der Waals surface area (Å²) in [4.78, 5) is 21.3. The predicted octanol–water partition coefficient (Wildman–Crippen LogP) is 5.04. The summed E-state index contributed by atoms with van der Waals surface area (Å²) < 4.78 is 7.62. The molecule has 0 aliphatic heterocycles. The van der Waals surface area contributed by atoms with Gasteiger partial charge in [0.25, 0.3) is 5.91 Å². The fourth-order valence-electron chi connectivity index (χ4n) is 2.62. The summed E-state index contributed by atoms with van der Waals surface area (Å²) in [5.41, 5.74) is 3.52. The SMILES string of the molecule is CC.Cc1nc(-c2ccc(C)c(NC(=O)c3cnc4ccc(Br)cn34)c2)no1. The highest BCUT2D eigenvalue weighted by Gasteiger charge is 2.15. The molecule has 0 saturated heterocycles. The lowest BCUT2D eigenvalue weighted by Crippen LogP contribution is -2.15. The number of amides is 1. The number of rotatable bonds is 3. The summed E-state index contributed by atoms with van der Waals surface area (Å²) in [5.74, 6) is 0.722. The quantitative estimate of drug-likeness (QED) is 0.481. The standard InChI is InChI=1S/C18H14BrN5O2.C2H6/c1-10-3-4-12(17-21-11(2)26-23-17)7-14(10)22-18(25)15-8-20-16-6-5-13(19)9-24(15)16;1-2/h3-9H,1-2H3,(H,22,25);1-2H3. The van der Waals surface area contributed by atoms with Gasteiger partial charge in [0, 0.05) is 28.8 Å². The minimum Gasteiger partial charge on any atom is -0.339 e. The van der Waals surface area contributed by atoms with Crippen LogP contribution in [0.4, 0.5) is 5.69 Å². The Morgan fingerprint density at radius 3 is 2.68 bits per heavy atom. The number of nitrogens with one attached hydrogen (secondary N) is 1. The molecule has 0 saturated carbocycles. The number of hydrogen-bond donors (Lipinski definition) is 1. The molecule has 3 heterocycles. The van der Waals surface area contributed by atoms with Crippen molar-refractivity contribution in [1.82, 2.24) is 19.5 Å². The number of halogens is 1. The maximum Gasteiger partial charge on any atom is 0.274 e. The third kappa shape index (κ3) is 3.96. The normalized spacial score (nSPS) is 10.5. The molecule has 1 aromatic carbocycles. The van der Waals surface area contributed by atoms with Crippen molar-refractivity contribution < 1.29 is 9.32 Å². The third-order valence-corrected chi connectivity index (χ3v) is 4.44. The molecule has 144 valence electrons. The Morgan fingerprint density at radius 1 is 1.18 bits per heavy atom. The van der Waals surface area contributed by atoms with Crippen molar-refractivity contribution in [2.75, 3.05) is 5.32 Å². The lowest BCUT2D eigenvalue weighted by Gasteiger charge is -2.09. The van der Waals surface area contributed by atoms with Gasteiger partial charge in [-0.1, -0.05) is 31.1 Å². The van der Waals surface area contributed by atoms with Gasteiger partial charge in [0.05, 0.1) is 6.20 Å². The van der Waals surface area contributed by atoms with Crippen LogP contribution in [0.3, 0.4) is 0 Å². The molecule has 0 bridgehead atoms. The number of carbonyl (C=O) groups excluding carboxylic acids is 1. The van der Waals surface area contributed by atoms with Crippen LogP contribution in [-0.2, 0) is 0 Å². The first-order valence-electron chi connectivity index (χ1n) is 8.86. The fourth-order valence-corrected chi connectivity index (χ4v) is 2.96. The van der Waals surface area contributed by atoms with Crippen molar-refractivity contribution >= 4 is 33.2 Å². The lowest BCUT2D eigenvalue weighted by molar-refractivity contribution is 0.102. The van der Waals surface area contributed by atoms with E-state index >= 15 is 0 Å². The second kappa shape index (κ2) is 8.35. The molecule has 28 heavy (non-hydrogen) atoms. The van der Waals surface area contributed by atoms with Crippen LogP contribution in [0.25, 0.3) is 17.0 Å². The molecule has 1 N–H and O–H groups in total. The molecule has 7 nitrogen and oxygen atoms in total. The Balaban J connectivity index is 0.00000109. The second-order valence-electron chi connectivity index (χ2n) is 5.84. The molecule has 4 aromatic rings. The third-order valence-electron chi connectivity index (χ3n) is 3.97. The Morgan fingerprint density at radius 2 is 1.96 bits per heavy atom. The van der Waals surface area contributed by atoms with Crippen LogP contribution >= 0.6 is 15.9 Å². The molecule has 1 amide bonds. The zero-order valence-corrected chi connectivity index (χ0v) is 17.6. The average molecular weight is 442 g/mol. The number of anilines is 1. The van der Waals surface area contributed by atoms with Crippen LogP contribution < -0.4 is 5.32 Å². The molecule has 0 atom stereocenters. The van der Waals surface area contributed by atoms with E-state index in [1.807, 2.05) is 57.3 Å². The van der Waals surface area contributed by atoms with Gasteiger partial charge in [-0.3, -0.25) is 9.20 Å². The van der Waals surface area contributed by atoms with Gasteiger partial charge in [-0.25, -0.2) is 4.98 Å². The van der Waals surface area contributed by atoms with Crippen LogP contribution in [0.2, 0.25) is 0 Å². The van der Waals surface area contributed by atoms with Crippen LogP contribution in [0.15, 0.2) is 51.7 Å². The fraction of sp³-hybridized carbons (Fsp3) is 0.200. The highest BCUT2D eigenvalue weighted by Crippen LogP contribution is 2.24. The number of aromatic nitrogens is 4. The van der Waals surface area contributed by atoms with Gasteiger partial charge < -0.3 is 9.84 Å². The van der Waals surface area contributed by atoms with E-state index in [0.717, 1.165) is 15.6 Å². The van der Waals surface area contributed by atoms with E-state index in [2.05, 4.69) is 36.4 Å². The second-order valence-corrected chi connectivity index (χ2v) is 6.76. The van der Waals surface area contributed by atoms with E-state index < -0.39 is 0 Å². The number of fused-ring (bicyclic) bond motifs is 1. The van der Waals surface area contributed by atoms with Gasteiger partial charge in [0.2, 0.25) is 11.7 Å². The molecule has 0 aliphatic rings. The van der Waals surface area contributed by atoms with Crippen molar-refractivity contribution in [3.63, 3.8) is 0 Å². The summed E-state index contributed by atoms with van der Waals surface area (Å²) in [6.45, 7) is 7.65. The molecule has 0 aliphatic carbocycles. The van der Waals surface area contributed by atoms with Crippen LogP contribution in [0.1, 0.15) is 35.8 Å². The predicted molar refractivity (Wildman–Crippen MR) is 111 cm³/mol. The highest BCUT2D eigenvalue weighted by molar-refractivity contribution is 9.10. The zero-order valence-electron chi connectivity index (χ0n) is 16.0. The largest absolute Gasteiger partial charge is 0.339 e. The van der Waals surface area contributed by atoms with Crippen molar-refractivity contribution in [3.05, 3.63) is 64.3 Å². The maximum atomic E-state index is 12.8. The van der Waals surface area contributed by atoms with E-state index in [-0.39, 0.29) is 5.91 Å². The molecule has 0 fully saturated rings. The Kier molecular flexibility index (Phi) is 5.89. The smallest absolute Gasteiger partial charge is 0.274 e. The number of pyridine rings is 1. The number of carbonyl (C=O) groups is 1. The Labute approximate surface area is 170 Å². The van der Waals surface area contributed by atoms with Crippen molar-refractivity contribution in [2.45, 2.75) is 27.7 Å². The first-order valence-corrected chi connectivity index (χ1v) is 9.66. The Bertz CT molecular complexity index is 1130. The van der Waals surface area contributed by atoms with Crippen LogP contribution in [0.5, 0.6) is 0 Å². The van der Waals surface area contributed by atoms with Gasteiger partial charge in [0.1, 0.15) is 11.3 Å². The van der Waals surface area contributed by atoms with E-state index in [1.54, 1.807) is 17.5 Å². The van der Waals surface area contributed by atoms with Crippen molar-refractivity contribution in [3.8, 4) is 11.4 Å². The number of aryl methyl sites for hydroxylation is 2. The van der Waals surface area contributed by atoms with E-state index in [9.17, 15) is 4.79 Å². The van der Waals surface area contributed by atoms with Crippen molar-refractivity contribution in [2.24, 2.45) is 0 Å². The molecule has 0 spiro atoms. The Hall–Kier alpha value is -3.00. The van der Waals surface area contributed by atoms with Gasteiger partial charge >= 0.3 is 0 Å². The number of nitrogens with zero attached hydrogens (tertiary/aromatic N) is 4. The van der Waals surface area contributed by atoms with Crippen LogP contribution in [0, 0.1) is 13.8 Å². The molecule has 0 unspecified atom stereocenters. The number of benzene rings is 1. The summed E-state index contributed by atoms with van der Waals surface area (Å²) in [7, 11) is 0. The molecule has 8 heteroatoms. The monoisotopic (exact) mass is 441 g/mol. The summed E-state index contributed by atoms with van der Waals surface area (Å²) in [5, 5.41) is 6.86. The molecule has 4 rings (SSSR count). The lowest BCUT2D eigenvalue weighted by atomic mass is 10.1. The topological polar surface area (TPSA) is 85.3 Å². The van der Waals surface area contributed by atoms with Gasteiger partial charge in [0.15, 0.2) is 0 Å².